The average molecular weight is 638 g/mol. The van der Waals surface area contributed by atoms with Crippen LogP contribution in [0.15, 0.2) is 0 Å². The second-order valence-corrected chi connectivity index (χ2v) is 15.0. The molecule has 12 nitrogen and oxygen atoms in total. The van der Waals surface area contributed by atoms with E-state index in [4.69, 9.17) is 23.7 Å². The highest BCUT2D eigenvalue weighted by atomic mass is 16.7. The van der Waals surface area contributed by atoms with Crippen molar-refractivity contribution in [2.75, 3.05) is 0 Å². The Morgan fingerprint density at radius 1 is 0.867 bits per heavy atom. The van der Waals surface area contributed by atoms with E-state index in [1.807, 2.05) is 0 Å². The molecule has 45 heavy (non-hydrogen) atoms. The van der Waals surface area contributed by atoms with Crippen molar-refractivity contribution >= 4 is 17.9 Å². The van der Waals surface area contributed by atoms with E-state index in [0.29, 0.717) is 24.7 Å². The first kappa shape index (κ1) is 34.0. The molecular weight excluding hydrogens is 586 g/mol. The summed E-state index contributed by atoms with van der Waals surface area (Å²) in [5, 5.41) is 24.1. The summed E-state index contributed by atoms with van der Waals surface area (Å²) < 4.78 is 29.2. The maximum Gasteiger partial charge on any atom is 0.303 e. The molecule has 254 valence electrons. The Kier molecular flexibility index (Phi) is 9.36. The highest BCUT2D eigenvalue weighted by molar-refractivity contribution is 5.68. The van der Waals surface area contributed by atoms with Crippen molar-refractivity contribution in [3.63, 3.8) is 0 Å². The number of carbonyl (C=O) groups excluding carboxylic acids is 3. The van der Waals surface area contributed by atoms with Crippen LogP contribution in [0.3, 0.4) is 0 Å². The molecule has 4 saturated carbocycles. The summed E-state index contributed by atoms with van der Waals surface area (Å²) in [6.07, 6.45) is 2.09. The molecule has 0 aromatic heterocycles. The van der Waals surface area contributed by atoms with Gasteiger partial charge in [-0.3, -0.25) is 24.5 Å². The van der Waals surface area contributed by atoms with Gasteiger partial charge in [0, 0.05) is 44.0 Å². The Hall–Kier alpha value is -2.31. The van der Waals surface area contributed by atoms with Crippen LogP contribution in [0.4, 0.5) is 0 Å². The smallest absolute Gasteiger partial charge is 0.303 e. The number of nitro groups is 1. The third-order valence-electron chi connectivity index (χ3n) is 12.8. The number of esters is 3. The molecule has 1 heterocycles. The molecule has 0 amide bonds. The Balaban J connectivity index is 1.31. The summed E-state index contributed by atoms with van der Waals surface area (Å²) in [6.45, 7) is 11.6. The van der Waals surface area contributed by atoms with Crippen molar-refractivity contribution in [2.24, 2.45) is 34.5 Å². The molecule has 0 bridgehead atoms. The minimum absolute atomic E-state index is 0.0106. The summed E-state index contributed by atoms with van der Waals surface area (Å²) in [5.74, 6) is -1.17. The quantitative estimate of drug-likeness (QED) is 0.139. The molecule has 1 aliphatic heterocycles. The van der Waals surface area contributed by atoms with Gasteiger partial charge in [-0.15, -0.1) is 0 Å². The zero-order valence-corrected chi connectivity index (χ0v) is 27.7. The third-order valence-corrected chi connectivity index (χ3v) is 12.8. The van der Waals surface area contributed by atoms with Gasteiger partial charge in [0.1, 0.15) is 0 Å². The minimum atomic E-state index is -1.13. The number of hydrogen-bond acceptors (Lipinski definition) is 11. The molecule has 12 heteroatoms. The zero-order chi connectivity index (χ0) is 33.1. The van der Waals surface area contributed by atoms with E-state index in [1.54, 1.807) is 13.8 Å². The normalized spacial score (nSPS) is 46.5. The van der Waals surface area contributed by atoms with Crippen LogP contribution in [0, 0.1) is 44.6 Å². The van der Waals surface area contributed by atoms with E-state index < -0.39 is 65.7 Å². The monoisotopic (exact) mass is 637 g/mol. The van der Waals surface area contributed by atoms with Gasteiger partial charge in [-0.2, -0.15) is 0 Å². The van der Waals surface area contributed by atoms with Gasteiger partial charge < -0.3 is 28.8 Å². The first-order chi connectivity index (χ1) is 21.0. The highest BCUT2D eigenvalue weighted by Crippen LogP contribution is 2.69. The van der Waals surface area contributed by atoms with Crippen LogP contribution < -0.4 is 0 Å². The number of ether oxygens (including phenoxy) is 5. The van der Waals surface area contributed by atoms with E-state index in [2.05, 4.69) is 13.8 Å². The van der Waals surface area contributed by atoms with Gasteiger partial charge in [0.2, 0.25) is 6.04 Å². The molecule has 0 spiro atoms. The fourth-order valence-electron chi connectivity index (χ4n) is 10.5. The van der Waals surface area contributed by atoms with Crippen molar-refractivity contribution in [1.29, 1.82) is 0 Å². The van der Waals surface area contributed by atoms with E-state index in [1.165, 1.54) is 20.8 Å². The predicted octanol–water partition coefficient (Wildman–Crippen LogP) is 4.35. The van der Waals surface area contributed by atoms with Crippen molar-refractivity contribution in [1.82, 2.24) is 0 Å². The standard InChI is InChI=1S/C33H51NO11/c1-17(34(39)40)24-12-15-33(38)26-9-8-22-16-23(10-13-31(22,6)25(26)11-14-32(24,33)7)45-30-29(44-21(5)37)28(43-20(4)36)27(18(2)41-30)42-19(3)35/h17-18,22-30,38H,8-16H2,1-7H3/t17-,18-,22+,23-,24+,25-,26+,27-,28+,29+,30+,31-,32+,33-/m0/s1. The SMILES string of the molecule is CC(=O)O[C@@H]1[C@@H](OC(C)=O)[C@H](C)O[C@H](O[C@H]2CC[C@@]3(C)[C@H](CC[C@@H]4[C@@H]3CC[C@]3(C)[C@@H]([C@H](C)[N+](=O)[O-])CC[C@]43O)C2)[C@@H]1OC(C)=O. The van der Waals surface area contributed by atoms with Gasteiger partial charge in [-0.05, 0) is 87.9 Å². The van der Waals surface area contributed by atoms with Gasteiger partial charge in [0.25, 0.3) is 0 Å². The maximum absolute atomic E-state index is 12.4. The van der Waals surface area contributed by atoms with Crippen LogP contribution in [-0.4, -0.2) is 76.4 Å². The molecule has 4 aliphatic carbocycles. The second-order valence-electron chi connectivity index (χ2n) is 15.0. The molecule has 1 saturated heterocycles. The molecular formula is C33H51NO11. The Bertz CT molecular complexity index is 1180. The second kappa shape index (κ2) is 12.4. The van der Waals surface area contributed by atoms with Gasteiger partial charge in [0.05, 0.1) is 17.8 Å². The fourth-order valence-corrected chi connectivity index (χ4v) is 10.5. The highest BCUT2D eigenvalue weighted by Gasteiger charge is 2.69. The molecule has 14 atom stereocenters. The number of aliphatic hydroxyl groups is 1. The van der Waals surface area contributed by atoms with Crippen LogP contribution >= 0.6 is 0 Å². The lowest BCUT2D eigenvalue weighted by atomic mass is 9.43. The molecule has 5 fully saturated rings. The summed E-state index contributed by atoms with van der Waals surface area (Å²) in [5.41, 5.74) is -1.38. The van der Waals surface area contributed by atoms with E-state index in [9.17, 15) is 29.6 Å². The average Bonchev–Trinajstić information content (AvgIpc) is 3.22. The first-order valence-corrected chi connectivity index (χ1v) is 16.7. The lowest BCUT2D eigenvalue weighted by Crippen LogP contribution is -2.63. The predicted molar refractivity (Wildman–Crippen MR) is 159 cm³/mol. The van der Waals surface area contributed by atoms with E-state index in [-0.39, 0.29) is 28.3 Å². The fraction of sp³-hybridized carbons (Fsp3) is 0.909. The number of fused-ring (bicyclic) bond motifs is 5. The lowest BCUT2D eigenvalue weighted by molar-refractivity contribution is -0.532. The van der Waals surface area contributed by atoms with Crippen LogP contribution in [0.25, 0.3) is 0 Å². The summed E-state index contributed by atoms with van der Waals surface area (Å²) in [6, 6.07) is -0.676. The minimum Gasteiger partial charge on any atom is -0.456 e. The van der Waals surface area contributed by atoms with Crippen molar-refractivity contribution < 1.29 is 48.1 Å². The Morgan fingerprint density at radius 2 is 1.49 bits per heavy atom. The zero-order valence-electron chi connectivity index (χ0n) is 27.7. The molecule has 5 aliphatic rings. The number of rotatable bonds is 7. The van der Waals surface area contributed by atoms with Crippen LogP contribution in [-0.2, 0) is 38.1 Å². The number of hydrogen-bond donors (Lipinski definition) is 1. The van der Waals surface area contributed by atoms with Gasteiger partial charge in [-0.1, -0.05) is 13.8 Å². The summed E-state index contributed by atoms with van der Waals surface area (Å²) in [7, 11) is 0. The van der Waals surface area contributed by atoms with Crippen molar-refractivity contribution in [3.05, 3.63) is 10.1 Å². The molecule has 5 rings (SSSR count). The third kappa shape index (κ3) is 5.88. The Labute approximate surface area is 265 Å². The molecule has 0 unspecified atom stereocenters. The van der Waals surface area contributed by atoms with Gasteiger partial charge >= 0.3 is 17.9 Å². The maximum atomic E-state index is 12.4. The van der Waals surface area contributed by atoms with Gasteiger partial charge in [0.15, 0.2) is 24.6 Å². The Morgan fingerprint density at radius 3 is 2.11 bits per heavy atom. The van der Waals surface area contributed by atoms with E-state index >= 15 is 0 Å². The van der Waals surface area contributed by atoms with Crippen molar-refractivity contribution in [3.8, 4) is 0 Å². The van der Waals surface area contributed by atoms with Crippen LogP contribution in [0.2, 0.25) is 0 Å². The molecule has 1 N–H and O–H groups in total. The number of nitrogens with zero attached hydrogens (tertiary/aromatic N) is 1. The number of carbonyl (C=O) groups is 3. The molecule has 0 aromatic rings. The lowest BCUT2D eigenvalue weighted by Gasteiger charge is -2.63. The van der Waals surface area contributed by atoms with Gasteiger partial charge in [-0.25, -0.2) is 0 Å². The van der Waals surface area contributed by atoms with Crippen molar-refractivity contribution in [2.45, 2.75) is 155 Å². The first-order valence-electron chi connectivity index (χ1n) is 16.7. The van der Waals surface area contributed by atoms with Crippen LogP contribution in [0.5, 0.6) is 0 Å². The molecule has 0 radical (unpaired) electrons. The largest absolute Gasteiger partial charge is 0.456 e. The summed E-state index contributed by atoms with van der Waals surface area (Å²) >= 11 is 0. The van der Waals surface area contributed by atoms with Crippen LogP contribution in [0.1, 0.15) is 106 Å². The summed E-state index contributed by atoms with van der Waals surface area (Å²) in [4.78, 5) is 47.6. The van der Waals surface area contributed by atoms with E-state index in [0.717, 1.165) is 44.9 Å². The topological polar surface area (TPSA) is 161 Å². The molecule has 0 aromatic carbocycles.